The second-order valence-electron chi connectivity index (χ2n) is 5.92. The SMILES string of the molecule is CCC(c1ccc(F)cc1F)N1CCCC(CS(N)(=O)=O)C1. The Bertz CT molecular complexity index is 622. The van der Waals surface area contributed by atoms with E-state index in [0.29, 0.717) is 18.5 Å². The number of nitrogens with two attached hydrogens (primary N) is 1. The molecular formula is C15H22F2N2O2S. The molecule has 0 aromatic heterocycles. The number of halogens is 2. The molecule has 1 aromatic carbocycles. The normalized spacial score (nSPS) is 21.7. The first-order valence-corrected chi connectivity index (χ1v) is 9.21. The molecule has 22 heavy (non-hydrogen) atoms. The summed E-state index contributed by atoms with van der Waals surface area (Å²) in [6.45, 7) is 3.28. The van der Waals surface area contributed by atoms with Crippen molar-refractivity contribution in [3.63, 3.8) is 0 Å². The van der Waals surface area contributed by atoms with E-state index < -0.39 is 21.7 Å². The van der Waals surface area contributed by atoms with Crippen molar-refractivity contribution in [3.8, 4) is 0 Å². The van der Waals surface area contributed by atoms with Crippen molar-refractivity contribution in [1.82, 2.24) is 4.90 Å². The average molecular weight is 332 g/mol. The first-order valence-electron chi connectivity index (χ1n) is 7.49. The van der Waals surface area contributed by atoms with E-state index in [1.54, 1.807) is 0 Å². The largest absolute Gasteiger partial charge is 0.296 e. The number of benzene rings is 1. The highest BCUT2D eigenvalue weighted by atomic mass is 32.2. The van der Waals surface area contributed by atoms with Gasteiger partial charge in [-0.25, -0.2) is 22.3 Å². The zero-order chi connectivity index (χ0) is 16.3. The zero-order valence-corrected chi connectivity index (χ0v) is 13.5. The van der Waals surface area contributed by atoms with E-state index in [0.717, 1.165) is 25.5 Å². The van der Waals surface area contributed by atoms with E-state index in [2.05, 4.69) is 4.90 Å². The second-order valence-corrected chi connectivity index (χ2v) is 7.58. The molecule has 1 aliphatic heterocycles. The minimum Gasteiger partial charge on any atom is -0.296 e. The number of primary sulfonamides is 1. The minimum absolute atomic E-state index is 0.0405. The maximum atomic E-state index is 14.0. The Kier molecular flexibility index (Phi) is 5.52. The highest BCUT2D eigenvalue weighted by molar-refractivity contribution is 7.89. The Hall–Kier alpha value is -1.05. The standard InChI is InChI=1S/C15H22F2N2O2S/c1-2-15(13-6-5-12(16)8-14(13)17)19-7-3-4-11(9-19)10-22(18,20)21/h5-6,8,11,15H,2-4,7,9-10H2,1H3,(H2,18,20,21). The molecule has 0 radical (unpaired) electrons. The predicted octanol–water partition coefficient (Wildman–Crippen LogP) is 2.42. The maximum absolute atomic E-state index is 14.0. The van der Waals surface area contributed by atoms with Gasteiger partial charge in [-0.15, -0.1) is 0 Å². The Labute approximate surface area is 130 Å². The lowest BCUT2D eigenvalue weighted by atomic mass is 9.94. The van der Waals surface area contributed by atoms with Crippen LogP contribution in [0.25, 0.3) is 0 Å². The Morgan fingerprint density at radius 2 is 2.14 bits per heavy atom. The van der Waals surface area contributed by atoms with Gasteiger partial charge in [-0.2, -0.15) is 0 Å². The van der Waals surface area contributed by atoms with E-state index in [1.165, 1.54) is 12.1 Å². The van der Waals surface area contributed by atoms with E-state index in [4.69, 9.17) is 5.14 Å². The Balaban J connectivity index is 2.16. The quantitative estimate of drug-likeness (QED) is 0.901. The van der Waals surface area contributed by atoms with Crippen LogP contribution >= 0.6 is 0 Å². The van der Waals surface area contributed by atoms with Gasteiger partial charge in [-0.1, -0.05) is 13.0 Å². The second kappa shape index (κ2) is 7.02. The summed E-state index contributed by atoms with van der Waals surface area (Å²) >= 11 is 0. The van der Waals surface area contributed by atoms with E-state index in [-0.39, 0.29) is 17.7 Å². The highest BCUT2D eigenvalue weighted by Gasteiger charge is 2.29. The number of rotatable bonds is 5. The third-order valence-electron chi connectivity index (χ3n) is 4.17. The third-order valence-corrected chi connectivity index (χ3v) is 5.10. The molecule has 4 nitrogen and oxygen atoms in total. The van der Waals surface area contributed by atoms with Gasteiger partial charge < -0.3 is 0 Å². The lowest BCUT2D eigenvalue weighted by molar-refractivity contribution is 0.125. The van der Waals surface area contributed by atoms with Gasteiger partial charge in [0.25, 0.3) is 0 Å². The minimum atomic E-state index is -3.51. The van der Waals surface area contributed by atoms with Gasteiger partial charge in [0, 0.05) is 24.2 Å². The lowest BCUT2D eigenvalue weighted by Crippen LogP contribution is -2.41. The molecule has 2 atom stereocenters. The smallest absolute Gasteiger partial charge is 0.209 e. The molecule has 2 N–H and O–H groups in total. The van der Waals surface area contributed by atoms with Gasteiger partial charge in [0.15, 0.2) is 0 Å². The van der Waals surface area contributed by atoms with Crippen LogP contribution in [-0.4, -0.2) is 32.2 Å². The Morgan fingerprint density at radius 1 is 1.41 bits per heavy atom. The van der Waals surface area contributed by atoms with Crippen LogP contribution in [0.3, 0.4) is 0 Å². The molecule has 1 aliphatic rings. The summed E-state index contributed by atoms with van der Waals surface area (Å²) in [5.74, 6) is -1.24. The molecule has 1 fully saturated rings. The van der Waals surface area contributed by atoms with Crippen molar-refractivity contribution < 1.29 is 17.2 Å². The van der Waals surface area contributed by atoms with Gasteiger partial charge in [0.2, 0.25) is 10.0 Å². The molecule has 0 saturated carbocycles. The van der Waals surface area contributed by atoms with Crippen molar-refractivity contribution in [2.75, 3.05) is 18.8 Å². The van der Waals surface area contributed by atoms with Gasteiger partial charge >= 0.3 is 0 Å². The van der Waals surface area contributed by atoms with Crippen molar-refractivity contribution in [2.24, 2.45) is 11.1 Å². The molecule has 0 bridgehead atoms. The molecule has 0 spiro atoms. The number of likely N-dealkylation sites (tertiary alicyclic amines) is 1. The Morgan fingerprint density at radius 3 is 2.73 bits per heavy atom. The molecule has 7 heteroatoms. The molecule has 1 heterocycles. The molecule has 0 amide bonds. The van der Waals surface area contributed by atoms with Crippen molar-refractivity contribution in [3.05, 3.63) is 35.4 Å². The maximum Gasteiger partial charge on any atom is 0.209 e. The number of piperidine rings is 1. The van der Waals surface area contributed by atoms with Crippen LogP contribution in [0, 0.1) is 17.6 Å². The van der Waals surface area contributed by atoms with Crippen molar-refractivity contribution in [1.29, 1.82) is 0 Å². The van der Waals surface area contributed by atoms with Crippen LogP contribution < -0.4 is 5.14 Å². The summed E-state index contributed by atoms with van der Waals surface area (Å²) in [4.78, 5) is 2.08. The van der Waals surface area contributed by atoms with Crippen molar-refractivity contribution in [2.45, 2.75) is 32.2 Å². The van der Waals surface area contributed by atoms with Crippen LogP contribution in [0.2, 0.25) is 0 Å². The third kappa shape index (κ3) is 4.47. The summed E-state index contributed by atoms with van der Waals surface area (Å²) in [6.07, 6.45) is 2.32. The van der Waals surface area contributed by atoms with Crippen LogP contribution in [0.5, 0.6) is 0 Å². The van der Waals surface area contributed by atoms with Gasteiger partial charge in [0.05, 0.1) is 5.75 Å². The zero-order valence-electron chi connectivity index (χ0n) is 12.6. The predicted molar refractivity (Wildman–Crippen MR) is 81.7 cm³/mol. The van der Waals surface area contributed by atoms with Crippen LogP contribution in [0.1, 0.15) is 37.8 Å². The first-order chi connectivity index (χ1) is 10.3. The summed E-state index contributed by atoms with van der Waals surface area (Å²) in [5.41, 5.74) is 0.458. The average Bonchev–Trinajstić information content (AvgIpc) is 2.40. The lowest BCUT2D eigenvalue weighted by Gasteiger charge is -2.38. The first kappa shape index (κ1) is 17.3. The monoisotopic (exact) mass is 332 g/mol. The number of sulfonamides is 1. The van der Waals surface area contributed by atoms with Gasteiger partial charge in [-0.05, 0) is 37.8 Å². The number of nitrogens with zero attached hydrogens (tertiary/aromatic N) is 1. The molecule has 124 valence electrons. The summed E-state index contributed by atoms with van der Waals surface area (Å²) < 4.78 is 49.6. The fourth-order valence-electron chi connectivity index (χ4n) is 3.29. The van der Waals surface area contributed by atoms with Crippen LogP contribution in [0.15, 0.2) is 18.2 Å². The van der Waals surface area contributed by atoms with E-state index >= 15 is 0 Å². The summed E-state index contributed by atoms with van der Waals surface area (Å²) in [6, 6.07) is 3.45. The van der Waals surface area contributed by atoms with Gasteiger partial charge in [-0.3, -0.25) is 4.90 Å². The highest BCUT2D eigenvalue weighted by Crippen LogP contribution is 2.31. The van der Waals surface area contributed by atoms with Crippen LogP contribution in [0.4, 0.5) is 8.78 Å². The molecule has 2 rings (SSSR count). The summed E-state index contributed by atoms with van der Waals surface area (Å²) in [5, 5.41) is 5.12. The van der Waals surface area contributed by atoms with Crippen molar-refractivity contribution >= 4 is 10.0 Å². The molecule has 0 aliphatic carbocycles. The number of hydrogen-bond donors (Lipinski definition) is 1. The molecule has 2 unspecified atom stereocenters. The van der Waals surface area contributed by atoms with E-state index in [1.807, 2.05) is 6.92 Å². The summed E-state index contributed by atoms with van der Waals surface area (Å²) in [7, 11) is -3.51. The molecule has 1 saturated heterocycles. The fourth-order valence-corrected chi connectivity index (χ4v) is 4.22. The fraction of sp³-hybridized carbons (Fsp3) is 0.600. The van der Waals surface area contributed by atoms with E-state index in [9.17, 15) is 17.2 Å². The number of hydrogen-bond acceptors (Lipinski definition) is 3. The molecule has 1 aromatic rings. The van der Waals surface area contributed by atoms with Gasteiger partial charge in [0.1, 0.15) is 11.6 Å². The topological polar surface area (TPSA) is 63.4 Å². The molecular weight excluding hydrogens is 310 g/mol. The van der Waals surface area contributed by atoms with Crippen LogP contribution in [-0.2, 0) is 10.0 Å².